The van der Waals surface area contributed by atoms with E-state index in [1.165, 1.54) is 0 Å². The molecule has 0 radical (unpaired) electrons. The molecule has 2 nitrogen and oxygen atoms in total. The molecule has 78 valence electrons. The Morgan fingerprint density at radius 2 is 2.00 bits per heavy atom. The van der Waals surface area contributed by atoms with Crippen molar-refractivity contribution in [3.8, 4) is 0 Å². The number of rotatable bonds is 4. The summed E-state index contributed by atoms with van der Waals surface area (Å²) in [6.45, 7) is 4.20. The van der Waals surface area contributed by atoms with E-state index in [4.69, 9.17) is 0 Å². The predicted molar refractivity (Wildman–Crippen MR) is 61.0 cm³/mol. The monoisotopic (exact) mass is 257 g/mol. The molecule has 1 N–H and O–H groups in total. The van der Waals surface area contributed by atoms with Crippen LogP contribution < -0.4 is 0 Å². The van der Waals surface area contributed by atoms with Gasteiger partial charge in [0.15, 0.2) is 0 Å². The van der Waals surface area contributed by atoms with Gasteiger partial charge in [-0.05, 0) is 27.9 Å². The third-order valence-electron chi connectivity index (χ3n) is 2.56. The van der Waals surface area contributed by atoms with Gasteiger partial charge in [0.25, 0.3) is 0 Å². The number of pyridine rings is 1. The summed E-state index contributed by atoms with van der Waals surface area (Å²) in [6.07, 6.45) is 5.04. The van der Waals surface area contributed by atoms with Crippen LogP contribution in [0.5, 0.6) is 0 Å². The van der Waals surface area contributed by atoms with Crippen molar-refractivity contribution in [3.05, 3.63) is 28.5 Å². The van der Waals surface area contributed by atoms with E-state index in [1.807, 2.05) is 6.07 Å². The van der Waals surface area contributed by atoms with Gasteiger partial charge in [-0.2, -0.15) is 0 Å². The molecule has 0 saturated heterocycles. The summed E-state index contributed by atoms with van der Waals surface area (Å²) < 4.78 is 0.917. The molecular formula is C11H16BrNO. The number of hydrogen-bond acceptors (Lipinski definition) is 2. The van der Waals surface area contributed by atoms with Crippen LogP contribution in [0.4, 0.5) is 0 Å². The first-order chi connectivity index (χ1) is 6.69. The van der Waals surface area contributed by atoms with Gasteiger partial charge in [0.2, 0.25) is 0 Å². The molecule has 0 spiro atoms. The van der Waals surface area contributed by atoms with Gasteiger partial charge in [0, 0.05) is 22.4 Å². The maximum absolute atomic E-state index is 10.0. The van der Waals surface area contributed by atoms with Crippen LogP contribution in [-0.4, -0.2) is 10.1 Å². The first kappa shape index (κ1) is 11.7. The van der Waals surface area contributed by atoms with Gasteiger partial charge < -0.3 is 5.11 Å². The molecule has 14 heavy (non-hydrogen) atoms. The summed E-state index contributed by atoms with van der Waals surface area (Å²) in [6, 6.07) is 1.93. The summed E-state index contributed by atoms with van der Waals surface area (Å²) in [7, 11) is 0. The second kappa shape index (κ2) is 5.47. The largest absolute Gasteiger partial charge is 0.388 e. The number of aromatic nitrogens is 1. The number of hydrogen-bond donors (Lipinski definition) is 1. The zero-order valence-electron chi connectivity index (χ0n) is 8.57. The molecule has 0 aromatic carbocycles. The van der Waals surface area contributed by atoms with Crippen molar-refractivity contribution in [2.24, 2.45) is 5.92 Å². The van der Waals surface area contributed by atoms with Crippen molar-refractivity contribution < 1.29 is 5.11 Å². The van der Waals surface area contributed by atoms with Crippen molar-refractivity contribution in [1.82, 2.24) is 4.98 Å². The van der Waals surface area contributed by atoms with E-state index in [0.29, 0.717) is 5.92 Å². The smallest absolute Gasteiger partial charge is 0.0833 e. The van der Waals surface area contributed by atoms with Crippen molar-refractivity contribution in [2.75, 3.05) is 0 Å². The quantitative estimate of drug-likeness (QED) is 0.898. The number of aliphatic hydroxyl groups excluding tert-OH is 1. The molecule has 0 aliphatic heterocycles. The van der Waals surface area contributed by atoms with Crippen LogP contribution in [0.25, 0.3) is 0 Å². The molecule has 0 saturated carbocycles. The number of aliphatic hydroxyl groups is 1. The van der Waals surface area contributed by atoms with Gasteiger partial charge in [-0.3, -0.25) is 4.98 Å². The molecule has 3 heteroatoms. The van der Waals surface area contributed by atoms with Gasteiger partial charge in [-0.1, -0.05) is 26.7 Å². The van der Waals surface area contributed by atoms with E-state index < -0.39 is 6.10 Å². The Kier molecular flexibility index (Phi) is 4.55. The molecule has 1 aromatic rings. The Morgan fingerprint density at radius 1 is 1.36 bits per heavy atom. The van der Waals surface area contributed by atoms with Crippen LogP contribution >= 0.6 is 15.9 Å². The Morgan fingerprint density at radius 3 is 2.50 bits per heavy atom. The lowest BCUT2D eigenvalue weighted by Crippen LogP contribution is -2.11. The average molecular weight is 258 g/mol. The highest BCUT2D eigenvalue weighted by Gasteiger charge is 2.17. The Labute approximate surface area is 93.5 Å². The van der Waals surface area contributed by atoms with E-state index in [1.54, 1.807) is 12.4 Å². The molecule has 1 heterocycles. The fourth-order valence-corrected chi connectivity index (χ4v) is 1.98. The molecule has 0 amide bonds. The summed E-state index contributed by atoms with van der Waals surface area (Å²) in [5.41, 5.74) is 0.896. The highest BCUT2D eigenvalue weighted by Crippen LogP contribution is 2.27. The standard InChI is InChI=1S/C11H16BrNO/c1-3-8(4-2)11(14)9-5-10(12)7-13-6-9/h5-8,11,14H,3-4H2,1-2H3. The molecule has 1 aromatic heterocycles. The molecule has 0 aliphatic carbocycles. The van der Waals surface area contributed by atoms with Gasteiger partial charge >= 0.3 is 0 Å². The minimum Gasteiger partial charge on any atom is -0.388 e. The Balaban J connectivity index is 2.82. The minimum absolute atomic E-state index is 0.325. The molecule has 0 aliphatic rings. The first-order valence-electron chi connectivity index (χ1n) is 4.97. The molecule has 0 fully saturated rings. The minimum atomic E-state index is -0.394. The summed E-state index contributed by atoms with van der Waals surface area (Å²) in [4.78, 5) is 4.05. The third-order valence-corrected chi connectivity index (χ3v) is 3.00. The van der Waals surface area contributed by atoms with Crippen molar-refractivity contribution in [2.45, 2.75) is 32.8 Å². The molecular weight excluding hydrogens is 242 g/mol. The van der Waals surface area contributed by atoms with Gasteiger partial charge in [-0.15, -0.1) is 0 Å². The number of nitrogens with zero attached hydrogens (tertiary/aromatic N) is 1. The van der Waals surface area contributed by atoms with Gasteiger partial charge in [0.05, 0.1) is 6.10 Å². The number of halogens is 1. The van der Waals surface area contributed by atoms with Crippen LogP contribution in [0.3, 0.4) is 0 Å². The van der Waals surface area contributed by atoms with E-state index in [-0.39, 0.29) is 0 Å². The zero-order valence-corrected chi connectivity index (χ0v) is 10.2. The second-order valence-corrected chi connectivity index (χ2v) is 4.37. The molecule has 1 atom stereocenters. The van der Waals surface area contributed by atoms with Crippen molar-refractivity contribution >= 4 is 15.9 Å². The SMILES string of the molecule is CCC(CC)C(O)c1cncc(Br)c1. The van der Waals surface area contributed by atoms with E-state index in [2.05, 4.69) is 34.8 Å². The highest BCUT2D eigenvalue weighted by atomic mass is 79.9. The maximum Gasteiger partial charge on any atom is 0.0833 e. The summed E-state index contributed by atoms with van der Waals surface area (Å²) in [5.74, 6) is 0.325. The third kappa shape index (κ3) is 2.79. The molecule has 1 unspecified atom stereocenters. The zero-order chi connectivity index (χ0) is 10.6. The average Bonchev–Trinajstić information content (AvgIpc) is 2.19. The molecule has 1 rings (SSSR count). The topological polar surface area (TPSA) is 33.1 Å². The predicted octanol–water partition coefficient (Wildman–Crippen LogP) is 3.31. The van der Waals surface area contributed by atoms with E-state index in [0.717, 1.165) is 22.9 Å². The normalized spacial score (nSPS) is 13.2. The fraction of sp³-hybridized carbons (Fsp3) is 0.545. The second-order valence-electron chi connectivity index (χ2n) is 3.46. The van der Waals surface area contributed by atoms with Crippen LogP contribution in [0.1, 0.15) is 38.4 Å². The highest BCUT2D eigenvalue weighted by molar-refractivity contribution is 9.10. The van der Waals surface area contributed by atoms with Crippen molar-refractivity contribution in [3.63, 3.8) is 0 Å². The Bertz CT molecular complexity index is 286. The lowest BCUT2D eigenvalue weighted by molar-refractivity contribution is 0.103. The van der Waals surface area contributed by atoms with Gasteiger partial charge in [-0.25, -0.2) is 0 Å². The van der Waals surface area contributed by atoms with E-state index >= 15 is 0 Å². The lowest BCUT2D eigenvalue weighted by atomic mass is 9.92. The van der Waals surface area contributed by atoms with Crippen molar-refractivity contribution in [1.29, 1.82) is 0 Å². The first-order valence-corrected chi connectivity index (χ1v) is 5.76. The van der Waals surface area contributed by atoms with Crippen LogP contribution in [-0.2, 0) is 0 Å². The van der Waals surface area contributed by atoms with Crippen LogP contribution in [0.15, 0.2) is 22.9 Å². The van der Waals surface area contributed by atoms with Gasteiger partial charge in [0.1, 0.15) is 0 Å². The fourth-order valence-electron chi connectivity index (χ4n) is 1.60. The summed E-state index contributed by atoms with van der Waals surface area (Å²) in [5, 5.41) is 10.0. The van der Waals surface area contributed by atoms with Crippen LogP contribution in [0.2, 0.25) is 0 Å². The van der Waals surface area contributed by atoms with Crippen LogP contribution in [0, 0.1) is 5.92 Å². The lowest BCUT2D eigenvalue weighted by Gasteiger charge is -2.20. The maximum atomic E-state index is 10.0. The Hall–Kier alpha value is -0.410. The molecule has 0 bridgehead atoms. The van der Waals surface area contributed by atoms with E-state index in [9.17, 15) is 5.11 Å². The summed E-state index contributed by atoms with van der Waals surface area (Å²) >= 11 is 3.35.